The number of carbonyl (C=O) groups is 3. The molecule has 0 aromatic heterocycles. The molecule has 0 atom stereocenters. The van der Waals surface area contributed by atoms with Gasteiger partial charge in [-0.1, -0.05) is 31.4 Å². The zero-order valence-electron chi connectivity index (χ0n) is 18.1. The van der Waals surface area contributed by atoms with Gasteiger partial charge in [0, 0.05) is 11.7 Å². The molecular weight excluding hydrogens is 410 g/mol. The van der Waals surface area contributed by atoms with Crippen molar-refractivity contribution in [2.75, 3.05) is 23.9 Å². The molecule has 0 bridgehead atoms. The number of amides is 3. The smallest absolute Gasteiger partial charge is 0.337 e. The highest BCUT2D eigenvalue weighted by Gasteiger charge is 2.26. The van der Waals surface area contributed by atoms with Gasteiger partial charge in [-0.3, -0.25) is 4.79 Å². The van der Waals surface area contributed by atoms with E-state index in [4.69, 9.17) is 9.47 Å². The van der Waals surface area contributed by atoms with Crippen LogP contribution in [0.3, 0.4) is 0 Å². The Labute approximate surface area is 186 Å². The molecule has 168 valence electrons. The van der Waals surface area contributed by atoms with Gasteiger partial charge in [0.15, 0.2) is 6.61 Å². The van der Waals surface area contributed by atoms with Gasteiger partial charge in [-0.25, -0.2) is 9.59 Å². The number of ether oxygens (including phenoxy) is 2. The summed E-state index contributed by atoms with van der Waals surface area (Å²) in [5, 5.41) is 5.89. The molecule has 0 saturated heterocycles. The quantitative estimate of drug-likeness (QED) is 0.693. The van der Waals surface area contributed by atoms with Gasteiger partial charge in [-0.15, -0.1) is 0 Å². The van der Waals surface area contributed by atoms with Crippen molar-refractivity contribution in [3.05, 3.63) is 53.6 Å². The van der Waals surface area contributed by atoms with Crippen molar-refractivity contribution in [1.82, 2.24) is 5.32 Å². The number of fused-ring (bicyclic) bond motifs is 1. The van der Waals surface area contributed by atoms with E-state index in [0.717, 1.165) is 31.2 Å². The lowest BCUT2D eigenvalue weighted by atomic mass is 9.96. The van der Waals surface area contributed by atoms with E-state index < -0.39 is 5.97 Å². The maximum Gasteiger partial charge on any atom is 0.337 e. The summed E-state index contributed by atoms with van der Waals surface area (Å²) in [4.78, 5) is 38.5. The van der Waals surface area contributed by atoms with Crippen LogP contribution in [0, 0.1) is 0 Å². The number of urea groups is 1. The fraction of sp³-hybridized carbons (Fsp3) is 0.375. The van der Waals surface area contributed by atoms with Gasteiger partial charge in [0.1, 0.15) is 5.75 Å². The normalized spacial score (nSPS) is 16.0. The molecule has 8 heteroatoms. The Hall–Kier alpha value is -3.55. The van der Waals surface area contributed by atoms with Crippen LogP contribution in [-0.2, 0) is 16.1 Å². The molecule has 0 spiro atoms. The van der Waals surface area contributed by atoms with Crippen molar-refractivity contribution in [2.24, 2.45) is 0 Å². The zero-order chi connectivity index (χ0) is 22.5. The van der Waals surface area contributed by atoms with Crippen LogP contribution in [0.5, 0.6) is 5.75 Å². The molecule has 1 aliphatic heterocycles. The molecule has 4 rings (SSSR count). The fourth-order valence-corrected chi connectivity index (χ4v) is 4.15. The Morgan fingerprint density at radius 1 is 1.12 bits per heavy atom. The maximum absolute atomic E-state index is 12.6. The van der Waals surface area contributed by atoms with Crippen LogP contribution in [0.25, 0.3) is 0 Å². The van der Waals surface area contributed by atoms with E-state index in [1.165, 1.54) is 13.5 Å². The minimum Gasteiger partial charge on any atom is -0.482 e. The van der Waals surface area contributed by atoms with Crippen LogP contribution in [-0.4, -0.2) is 37.7 Å². The molecule has 2 aliphatic rings. The maximum atomic E-state index is 12.6. The van der Waals surface area contributed by atoms with E-state index in [0.29, 0.717) is 22.7 Å². The van der Waals surface area contributed by atoms with Crippen LogP contribution in [0.2, 0.25) is 0 Å². The van der Waals surface area contributed by atoms with Crippen molar-refractivity contribution >= 4 is 29.3 Å². The first kappa shape index (κ1) is 21.7. The zero-order valence-corrected chi connectivity index (χ0v) is 18.1. The number of rotatable bonds is 5. The van der Waals surface area contributed by atoms with Crippen LogP contribution in [0.1, 0.15) is 48.0 Å². The second kappa shape index (κ2) is 9.72. The summed E-state index contributed by atoms with van der Waals surface area (Å²) in [6, 6.07) is 12.1. The number of nitrogens with one attached hydrogen (secondary N) is 2. The third-order valence-corrected chi connectivity index (χ3v) is 5.79. The van der Waals surface area contributed by atoms with Crippen LogP contribution >= 0.6 is 0 Å². The molecule has 1 fully saturated rings. The average molecular weight is 437 g/mol. The van der Waals surface area contributed by atoms with E-state index in [1.54, 1.807) is 41.3 Å². The summed E-state index contributed by atoms with van der Waals surface area (Å²) in [5.74, 6) is -0.0761. The first-order valence-electron chi connectivity index (χ1n) is 10.9. The Bertz CT molecular complexity index is 1020. The summed E-state index contributed by atoms with van der Waals surface area (Å²) >= 11 is 0. The molecule has 3 amide bonds. The Morgan fingerprint density at radius 3 is 2.72 bits per heavy atom. The average Bonchev–Trinajstić information content (AvgIpc) is 2.81. The molecule has 2 aromatic rings. The summed E-state index contributed by atoms with van der Waals surface area (Å²) < 4.78 is 10.4. The number of carbonyl (C=O) groups excluding carboxylic acids is 3. The highest BCUT2D eigenvalue weighted by Crippen LogP contribution is 2.35. The Kier molecular flexibility index (Phi) is 6.58. The topological polar surface area (TPSA) is 97.0 Å². The minimum absolute atomic E-state index is 0.0708. The highest BCUT2D eigenvalue weighted by molar-refractivity contribution is 5.99. The number of esters is 1. The lowest BCUT2D eigenvalue weighted by Gasteiger charge is -2.30. The molecule has 0 unspecified atom stereocenters. The number of benzene rings is 2. The number of hydrogen-bond donors (Lipinski definition) is 2. The van der Waals surface area contributed by atoms with E-state index in [-0.39, 0.29) is 31.1 Å². The van der Waals surface area contributed by atoms with Crippen LogP contribution in [0.4, 0.5) is 16.2 Å². The van der Waals surface area contributed by atoms with Crippen molar-refractivity contribution < 1.29 is 23.9 Å². The second-order valence-electron chi connectivity index (χ2n) is 8.08. The summed E-state index contributed by atoms with van der Waals surface area (Å²) in [7, 11) is 1.33. The van der Waals surface area contributed by atoms with Crippen molar-refractivity contribution in [2.45, 2.75) is 44.7 Å². The summed E-state index contributed by atoms with van der Waals surface area (Å²) in [6.45, 7) is 0.191. The van der Waals surface area contributed by atoms with E-state index in [1.807, 2.05) is 6.07 Å². The lowest BCUT2D eigenvalue weighted by molar-refractivity contribution is -0.121. The predicted octanol–water partition coefficient (Wildman–Crippen LogP) is 3.85. The van der Waals surface area contributed by atoms with Crippen molar-refractivity contribution in [3.8, 4) is 5.75 Å². The predicted molar refractivity (Wildman–Crippen MR) is 120 cm³/mol. The van der Waals surface area contributed by atoms with Crippen molar-refractivity contribution in [1.29, 1.82) is 0 Å². The summed E-state index contributed by atoms with van der Waals surface area (Å²) in [6.07, 6.45) is 5.48. The number of anilines is 2. The molecular formula is C24H27N3O5. The van der Waals surface area contributed by atoms with Gasteiger partial charge in [0.25, 0.3) is 5.91 Å². The van der Waals surface area contributed by atoms with Gasteiger partial charge in [0.05, 0.1) is 24.9 Å². The van der Waals surface area contributed by atoms with E-state index in [2.05, 4.69) is 10.6 Å². The van der Waals surface area contributed by atoms with Gasteiger partial charge in [-0.2, -0.15) is 0 Å². The molecule has 2 N–H and O–H groups in total. The monoisotopic (exact) mass is 437 g/mol. The van der Waals surface area contributed by atoms with Gasteiger partial charge < -0.3 is 25.0 Å². The molecule has 32 heavy (non-hydrogen) atoms. The summed E-state index contributed by atoms with van der Waals surface area (Å²) in [5.41, 5.74) is 2.34. The first-order valence-corrected chi connectivity index (χ1v) is 10.9. The van der Waals surface area contributed by atoms with Gasteiger partial charge >= 0.3 is 12.0 Å². The third-order valence-electron chi connectivity index (χ3n) is 5.79. The van der Waals surface area contributed by atoms with Crippen LogP contribution < -0.4 is 20.3 Å². The second-order valence-corrected chi connectivity index (χ2v) is 8.08. The standard InChI is InChI=1S/C24H27N3O5/c1-31-23(29)17-7-5-6-16(12-17)14-27-20-13-19(10-11-21(20)32-15-22(27)28)26-24(30)25-18-8-3-2-4-9-18/h5-7,10-13,18H,2-4,8-9,14-15H2,1H3,(H2,25,26,30). The Morgan fingerprint density at radius 2 is 1.94 bits per heavy atom. The third kappa shape index (κ3) is 5.01. The SMILES string of the molecule is COC(=O)c1cccc(CN2C(=O)COc3ccc(NC(=O)NC4CCCCC4)cc32)c1. The van der Waals surface area contributed by atoms with Gasteiger partial charge in [0.2, 0.25) is 0 Å². The number of methoxy groups -OCH3 is 1. The number of hydrogen-bond acceptors (Lipinski definition) is 5. The van der Waals surface area contributed by atoms with Crippen LogP contribution in [0.15, 0.2) is 42.5 Å². The first-order chi connectivity index (χ1) is 15.5. The molecule has 2 aromatic carbocycles. The highest BCUT2D eigenvalue weighted by atomic mass is 16.5. The lowest BCUT2D eigenvalue weighted by Crippen LogP contribution is -2.39. The van der Waals surface area contributed by atoms with Gasteiger partial charge in [-0.05, 0) is 48.7 Å². The largest absolute Gasteiger partial charge is 0.482 e. The number of nitrogens with zero attached hydrogens (tertiary/aromatic N) is 1. The fourth-order valence-electron chi connectivity index (χ4n) is 4.15. The molecule has 1 saturated carbocycles. The van der Waals surface area contributed by atoms with E-state index >= 15 is 0 Å². The molecule has 1 aliphatic carbocycles. The van der Waals surface area contributed by atoms with Crippen molar-refractivity contribution in [3.63, 3.8) is 0 Å². The molecule has 8 nitrogen and oxygen atoms in total. The van der Waals surface area contributed by atoms with E-state index in [9.17, 15) is 14.4 Å². The Balaban J connectivity index is 1.51. The molecule has 0 radical (unpaired) electrons. The minimum atomic E-state index is -0.434. The molecule has 1 heterocycles.